The van der Waals surface area contributed by atoms with E-state index in [1.165, 1.54) is 0 Å². The Labute approximate surface area is 134 Å². The molecule has 7 heteroatoms. The minimum Gasteiger partial charge on any atom is -0.379 e. The van der Waals surface area contributed by atoms with Gasteiger partial charge >= 0.3 is 0 Å². The highest BCUT2D eigenvalue weighted by Crippen LogP contribution is 2.23. The van der Waals surface area contributed by atoms with Crippen LogP contribution in [0.15, 0.2) is 0 Å². The van der Waals surface area contributed by atoms with Crippen molar-refractivity contribution in [2.75, 3.05) is 45.9 Å². The van der Waals surface area contributed by atoms with Crippen LogP contribution in [0.4, 0.5) is 0 Å². The Bertz CT molecular complexity index is 310. The molecule has 2 saturated heterocycles. The minimum absolute atomic E-state index is 0. The summed E-state index contributed by atoms with van der Waals surface area (Å²) >= 11 is 0. The molecule has 0 bridgehead atoms. The van der Waals surface area contributed by atoms with E-state index in [9.17, 15) is 4.79 Å². The summed E-state index contributed by atoms with van der Waals surface area (Å²) < 4.78 is 5.37. The van der Waals surface area contributed by atoms with Crippen molar-refractivity contribution in [1.82, 2.24) is 9.80 Å². The van der Waals surface area contributed by atoms with Crippen molar-refractivity contribution in [3.8, 4) is 0 Å². The van der Waals surface area contributed by atoms with Crippen LogP contribution in [0.25, 0.3) is 0 Å². The number of amides is 1. The summed E-state index contributed by atoms with van der Waals surface area (Å²) in [6.07, 6.45) is 1.08. The Kier molecular flexibility index (Phi) is 8.36. The average molecular weight is 328 g/mol. The second-order valence-corrected chi connectivity index (χ2v) is 5.93. The lowest BCUT2D eigenvalue weighted by Crippen LogP contribution is -2.47. The summed E-state index contributed by atoms with van der Waals surface area (Å²) in [6, 6.07) is 0.506. The predicted molar refractivity (Wildman–Crippen MR) is 84.7 cm³/mol. The first-order chi connectivity index (χ1) is 8.54. The van der Waals surface area contributed by atoms with Crippen LogP contribution in [0.3, 0.4) is 0 Å². The maximum Gasteiger partial charge on any atom is 0.229 e. The second kappa shape index (κ2) is 8.39. The van der Waals surface area contributed by atoms with Crippen LogP contribution >= 0.6 is 24.8 Å². The standard InChI is InChI=1S/C13H25N3O2.2ClH/c1-13(2,10-14)12(17)16-4-3-11(9-16)15-5-7-18-8-6-15;;/h11H,3-10,14H2,1-2H3;2*1H. The van der Waals surface area contributed by atoms with E-state index in [4.69, 9.17) is 10.5 Å². The molecule has 2 rings (SSSR count). The molecule has 1 amide bonds. The number of rotatable bonds is 3. The number of ether oxygens (including phenoxy) is 1. The van der Waals surface area contributed by atoms with Crippen molar-refractivity contribution in [3.63, 3.8) is 0 Å². The highest BCUT2D eigenvalue weighted by Gasteiger charge is 2.36. The van der Waals surface area contributed by atoms with E-state index in [0.29, 0.717) is 12.6 Å². The lowest BCUT2D eigenvalue weighted by atomic mass is 9.92. The van der Waals surface area contributed by atoms with Gasteiger partial charge in [-0.25, -0.2) is 0 Å². The van der Waals surface area contributed by atoms with Crippen molar-refractivity contribution >= 4 is 30.7 Å². The SMILES string of the molecule is CC(C)(CN)C(=O)N1CCC(N2CCOCC2)C1.Cl.Cl. The Morgan fingerprint density at radius 3 is 2.40 bits per heavy atom. The monoisotopic (exact) mass is 327 g/mol. The molecule has 1 atom stereocenters. The lowest BCUT2D eigenvalue weighted by molar-refractivity contribution is -0.139. The van der Waals surface area contributed by atoms with Crippen molar-refractivity contribution < 1.29 is 9.53 Å². The zero-order valence-corrected chi connectivity index (χ0v) is 14.0. The van der Waals surface area contributed by atoms with E-state index in [1.54, 1.807) is 0 Å². The molecule has 1 unspecified atom stereocenters. The summed E-state index contributed by atoms with van der Waals surface area (Å²) in [6.45, 7) is 9.60. The van der Waals surface area contributed by atoms with Crippen LogP contribution in [0.1, 0.15) is 20.3 Å². The van der Waals surface area contributed by atoms with Crippen molar-refractivity contribution in [2.24, 2.45) is 11.1 Å². The van der Waals surface area contributed by atoms with Crippen molar-refractivity contribution in [1.29, 1.82) is 0 Å². The summed E-state index contributed by atoms with van der Waals surface area (Å²) in [5, 5.41) is 0. The smallest absolute Gasteiger partial charge is 0.229 e. The van der Waals surface area contributed by atoms with E-state index < -0.39 is 5.41 Å². The van der Waals surface area contributed by atoms with Gasteiger partial charge < -0.3 is 15.4 Å². The molecule has 0 spiro atoms. The van der Waals surface area contributed by atoms with Gasteiger partial charge in [-0.1, -0.05) is 0 Å². The number of halogens is 2. The van der Waals surface area contributed by atoms with Gasteiger partial charge in [-0.2, -0.15) is 0 Å². The first-order valence-corrected chi connectivity index (χ1v) is 6.86. The summed E-state index contributed by atoms with van der Waals surface area (Å²) in [4.78, 5) is 16.8. The molecule has 2 aliphatic rings. The van der Waals surface area contributed by atoms with Crippen LogP contribution < -0.4 is 5.73 Å². The molecule has 2 heterocycles. The zero-order chi connectivity index (χ0) is 13.2. The largest absolute Gasteiger partial charge is 0.379 e. The Hall–Kier alpha value is -0.0700. The quantitative estimate of drug-likeness (QED) is 0.831. The van der Waals surface area contributed by atoms with Gasteiger partial charge in [0.15, 0.2) is 0 Å². The normalized spacial score (nSPS) is 23.9. The molecule has 0 aliphatic carbocycles. The van der Waals surface area contributed by atoms with Gasteiger partial charge in [0, 0.05) is 38.8 Å². The fraction of sp³-hybridized carbons (Fsp3) is 0.923. The van der Waals surface area contributed by atoms with Crippen LogP contribution in [0, 0.1) is 5.41 Å². The first-order valence-electron chi connectivity index (χ1n) is 6.86. The first kappa shape index (κ1) is 19.9. The molecule has 0 aromatic rings. The fourth-order valence-corrected chi connectivity index (χ4v) is 2.68. The number of hydrogen-bond donors (Lipinski definition) is 1. The van der Waals surface area contributed by atoms with Crippen LogP contribution in [-0.2, 0) is 9.53 Å². The number of hydrogen-bond acceptors (Lipinski definition) is 4. The van der Waals surface area contributed by atoms with Crippen LogP contribution in [0.2, 0.25) is 0 Å². The molecule has 2 fully saturated rings. The van der Waals surface area contributed by atoms with Gasteiger partial charge in [-0.05, 0) is 20.3 Å². The number of likely N-dealkylation sites (tertiary alicyclic amines) is 1. The Morgan fingerprint density at radius 2 is 1.85 bits per heavy atom. The molecule has 2 N–H and O–H groups in total. The van der Waals surface area contributed by atoms with Crippen molar-refractivity contribution in [3.05, 3.63) is 0 Å². The van der Waals surface area contributed by atoms with Gasteiger partial charge in [-0.15, -0.1) is 24.8 Å². The number of carbonyl (C=O) groups excluding carboxylic acids is 1. The number of nitrogens with zero attached hydrogens (tertiary/aromatic N) is 2. The van der Waals surface area contributed by atoms with Crippen LogP contribution in [-0.4, -0.2) is 67.7 Å². The molecule has 0 aromatic carbocycles. The average Bonchev–Trinajstić information content (AvgIpc) is 2.88. The fourth-order valence-electron chi connectivity index (χ4n) is 2.68. The second-order valence-electron chi connectivity index (χ2n) is 5.93. The van der Waals surface area contributed by atoms with E-state index in [2.05, 4.69) is 4.90 Å². The maximum absolute atomic E-state index is 12.3. The van der Waals surface area contributed by atoms with E-state index in [0.717, 1.165) is 45.8 Å². The molecule has 0 radical (unpaired) electrons. The summed E-state index contributed by atoms with van der Waals surface area (Å²) in [5.74, 6) is 0.195. The van der Waals surface area contributed by atoms with Crippen LogP contribution in [0.5, 0.6) is 0 Å². The third kappa shape index (κ3) is 4.46. The summed E-state index contributed by atoms with van der Waals surface area (Å²) in [5.41, 5.74) is 5.25. The molecule has 5 nitrogen and oxygen atoms in total. The molecule has 0 saturated carbocycles. The number of morpholine rings is 1. The third-order valence-corrected chi connectivity index (χ3v) is 4.10. The van der Waals surface area contributed by atoms with E-state index >= 15 is 0 Å². The van der Waals surface area contributed by atoms with E-state index in [-0.39, 0.29) is 30.7 Å². The van der Waals surface area contributed by atoms with Gasteiger partial charge in [0.2, 0.25) is 5.91 Å². The minimum atomic E-state index is -0.431. The molecular formula is C13H27Cl2N3O2. The Balaban J connectivity index is 0.00000180. The zero-order valence-electron chi connectivity index (χ0n) is 12.3. The Morgan fingerprint density at radius 1 is 1.25 bits per heavy atom. The number of carbonyl (C=O) groups is 1. The topological polar surface area (TPSA) is 58.8 Å². The highest BCUT2D eigenvalue weighted by molar-refractivity contribution is 5.85. The number of nitrogens with two attached hydrogens (primary N) is 1. The van der Waals surface area contributed by atoms with Crippen molar-refractivity contribution in [2.45, 2.75) is 26.3 Å². The van der Waals surface area contributed by atoms with E-state index in [1.807, 2.05) is 18.7 Å². The predicted octanol–water partition coefficient (Wildman–Crippen LogP) is 0.748. The highest BCUT2D eigenvalue weighted by atomic mass is 35.5. The molecule has 120 valence electrons. The molecular weight excluding hydrogens is 301 g/mol. The summed E-state index contributed by atoms with van der Waals surface area (Å²) in [7, 11) is 0. The molecule has 0 aromatic heterocycles. The van der Waals surface area contributed by atoms with Gasteiger partial charge in [0.25, 0.3) is 0 Å². The van der Waals surface area contributed by atoms with Gasteiger partial charge in [-0.3, -0.25) is 9.69 Å². The molecule has 2 aliphatic heterocycles. The lowest BCUT2D eigenvalue weighted by Gasteiger charge is -2.33. The molecule has 20 heavy (non-hydrogen) atoms. The third-order valence-electron chi connectivity index (χ3n) is 4.10. The van der Waals surface area contributed by atoms with Gasteiger partial charge in [0.1, 0.15) is 0 Å². The maximum atomic E-state index is 12.3. The van der Waals surface area contributed by atoms with Gasteiger partial charge in [0.05, 0.1) is 18.6 Å².